The summed E-state index contributed by atoms with van der Waals surface area (Å²) in [6.07, 6.45) is 2.27. The summed E-state index contributed by atoms with van der Waals surface area (Å²) in [6.45, 7) is 6.74. The summed E-state index contributed by atoms with van der Waals surface area (Å²) in [6, 6.07) is 5.80. The predicted octanol–water partition coefficient (Wildman–Crippen LogP) is 3.42. The quantitative estimate of drug-likeness (QED) is 0.581. The Morgan fingerprint density at radius 3 is 2.61 bits per heavy atom. The van der Waals surface area contributed by atoms with Crippen LogP contribution in [0.25, 0.3) is 0 Å². The summed E-state index contributed by atoms with van der Waals surface area (Å²) in [5.74, 6) is 0.698. The Labute approximate surface area is 116 Å². The molecule has 1 aromatic rings. The van der Waals surface area contributed by atoms with Crippen LogP contribution >= 0.6 is 12.6 Å². The Hall–Kier alpha value is -0.870. The van der Waals surface area contributed by atoms with Crippen molar-refractivity contribution in [1.29, 1.82) is 0 Å². The van der Waals surface area contributed by atoms with Crippen LogP contribution in [0.2, 0.25) is 0 Å². The maximum atomic E-state index is 5.90. The van der Waals surface area contributed by atoms with Gasteiger partial charge in [0, 0.05) is 24.7 Å². The van der Waals surface area contributed by atoms with Gasteiger partial charge in [0.2, 0.25) is 0 Å². The molecule has 1 aliphatic rings. The first kappa shape index (κ1) is 15.2. The number of nitrogen functional groups attached to an aromatic ring is 1. The normalized spacial score (nSPS) is 15.7. The lowest BCUT2D eigenvalue weighted by atomic mass is 10.0. The molecule has 1 saturated heterocycles. The van der Waals surface area contributed by atoms with Gasteiger partial charge in [0.05, 0.1) is 11.4 Å². The summed E-state index contributed by atoms with van der Waals surface area (Å²) in [5.41, 5.74) is 7.67. The molecular weight excluding hydrogens is 244 g/mol. The second-order valence-electron chi connectivity index (χ2n) is 4.21. The molecule has 1 heterocycles. The fourth-order valence-corrected chi connectivity index (χ4v) is 2.13. The molecule has 0 radical (unpaired) electrons. The van der Waals surface area contributed by atoms with E-state index in [0.717, 1.165) is 48.9 Å². The number of rotatable bonds is 3. The average Bonchev–Trinajstić information content (AvgIpc) is 2.41. The summed E-state index contributed by atoms with van der Waals surface area (Å²) in [7, 11) is 0. The number of ether oxygens (including phenoxy) is 1. The van der Waals surface area contributed by atoms with Crippen molar-refractivity contribution >= 4 is 24.0 Å². The van der Waals surface area contributed by atoms with Crippen molar-refractivity contribution < 1.29 is 4.74 Å². The zero-order valence-corrected chi connectivity index (χ0v) is 12.2. The zero-order chi connectivity index (χ0) is 13.4. The molecule has 0 aliphatic carbocycles. The van der Waals surface area contributed by atoms with Crippen molar-refractivity contribution in [3.63, 3.8) is 0 Å². The Morgan fingerprint density at radius 2 is 2.00 bits per heavy atom. The molecule has 0 saturated carbocycles. The first-order chi connectivity index (χ1) is 8.75. The first-order valence-electron chi connectivity index (χ1n) is 6.66. The predicted molar refractivity (Wildman–Crippen MR) is 81.5 cm³/mol. The standard InChI is InChI=1S/C12H18N2OS.C2H6/c13-11-7-10(16)1-2-12(11)14-8-9-3-5-15-6-4-9;1-2/h1-2,7,9,14,16H,3-6,8,13H2;1-2H3. The van der Waals surface area contributed by atoms with Gasteiger partial charge in [0.1, 0.15) is 0 Å². The molecular formula is C14H24N2OS. The van der Waals surface area contributed by atoms with Gasteiger partial charge >= 0.3 is 0 Å². The number of hydrogen-bond donors (Lipinski definition) is 3. The van der Waals surface area contributed by atoms with Crippen LogP contribution in [0.5, 0.6) is 0 Å². The molecule has 0 bridgehead atoms. The van der Waals surface area contributed by atoms with Crippen LogP contribution in [0, 0.1) is 5.92 Å². The first-order valence-corrected chi connectivity index (χ1v) is 7.10. The van der Waals surface area contributed by atoms with E-state index in [1.807, 2.05) is 32.0 Å². The molecule has 3 N–H and O–H groups in total. The molecule has 1 aromatic carbocycles. The van der Waals surface area contributed by atoms with Gasteiger partial charge in [-0.25, -0.2) is 0 Å². The van der Waals surface area contributed by atoms with Crippen LogP contribution in [0.4, 0.5) is 11.4 Å². The summed E-state index contributed by atoms with van der Waals surface area (Å²) >= 11 is 4.25. The Balaban J connectivity index is 0.000000771. The second-order valence-corrected chi connectivity index (χ2v) is 4.72. The Morgan fingerprint density at radius 1 is 1.33 bits per heavy atom. The minimum Gasteiger partial charge on any atom is -0.397 e. The third kappa shape index (κ3) is 4.78. The minimum atomic E-state index is 0.698. The van der Waals surface area contributed by atoms with Gasteiger partial charge in [-0.2, -0.15) is 0 Å². The molecule has 1 aliphatic heterocycles. The Bertz CT molecular complexity index is 352. The number of nitrogens with one attached hydrogen (secondary N) is 1. The van der Waals surface area contributed by atoms with E-state index >= 15 is 0 Å². The molecule has 0 unspecified atom stereocenters. The maximum absolute atomic E-state index is 5.90. The summed E-state index contributed by atoms with van der Waals surface area (Å²) in [4.78, 5) is 0.897. The van der Waals surface area contributed by atoms with Gasteiger partial charge in [0.25, 0.3) is 0 Å². The highest BCUT2D eigenvalue weighted by Gasteiger charge is 2.13. The zero-order valence-electron chi connectivity index (χ0n) is 11.3. The van der Waals surface area contributed by atoms with Gasteiger partial charge in [-0.3, -0.25) is 0 Å². The van der Waals surface area contributed by atoms with Crippen molar-refractivity contribution in [3.8, 4) is 0 Å². The Kier molecular flexibility index (Phi) is 6.98. The largest absolute Gasteiger partial charge is 0.397 e. The fraction of sp³-hybridized carbons (Fsp3) is 0.571. The van der Waals surface area contributed by atoms with Crippen molar-refractivity contribution in [2.24, 2.45) is 5.92 Å². The third-order valence-electron chi connectivity index (χ3n) is 2.96. The van der Waals surface area contributed by atoms with E-state index in [-0.39, 0.29) is 0 Å². The topological polar surface area (TPSA) is 47.3 Å². The second kappa shape index (κ2) is 8.27. The minimum absolute atomic E-state index is 0.698. The van der Waals surface area contributed by atoms with Gasteiger partial charge < -0.3 is 15.8 Å². The van der Waals surface area contributed by atoms with E-state index in [1.165, 1.54) is 0 Å². The van der Waals surface area contributed by atoms with E-state index in [9.17, 15) is 0 Å². The SMILES string of the molecule is CC.Nc1cc(S)ccc1NCC1CCOCC1. The summed E-state index contributed by atoms with van der Waals surface area (Å²) in [5, 5.41) is 3.40. The molecule has 18 heavy (non-hydrogen) atoms. The maximum Gasteiger partial charge on any atom is 0.0574 e. The molecule has 4 heteroatoms. The van der Waals surface area contributed by atoms with Crippen LogP contribution in [0.3, 0.4) is 0 Å². The van der Waals surface area contributed by atoms with Crippen LogP contribution < -0.4 is 11.1 Å². The van der Waals surface area contributed by atoms with Crippen LogP contribution in [0.1, 0.15) is 26.7 Å². The van der Waals surface area contributed by atoms with Gasteiger partial charge in [-0.15, -0.1) is 12.6 Å². The lowest BCUT2D eigenvalue weighted by Gasteiger charge is -2.23. The highest BCUT2D eigenvalue weighted by Crippen LogP contribution is 2.23. The molecule has 0 aromatic heterocycles. The van der Waals surface area contributed by atoms with Crippen LogP contribution in [-0.2, 0) is 4.74 Å². The van der Waals surface area contributed by atoms with Gasteiger partial charge in [-0.05, 0) is 37.0 Å². The van der Waals surface area contributed by atoms with Gasteiger partial charge in [-0.1, -0.05) is 13.8 Å². The monoisotopic (exact) mass is 268 g/mol. The molecule has 1 fully saturated rings. The van der Waals surface area contributed by atoms with Crippen LogP contribution in [-0.4, -0.2) is 19.8 Å². The van der Waals surface area contributed by atoms with E-state index in [2.05, 4.69) is 17.9 Å². The highest BCUT2D eigenvalue weighted by atomic mass is 32.1. The average molecular weight is 268 g/mol. The van der Waals surface area contributed by atoms with Crippen molar-refractivity contribution in [3.05, 3.63) is 18.2 Å². The number of benzene rings is 1. The molecule has 2 rings (SSSR count). The molecule has 102 valence electrons. The van der Waals surface area contributed by atoms with Crippen molar-refractivity contribution in [2.75, 3.05) is 30.8 Å². The molecule has 0 atom stereocenters. The van der Waals surface area contributed by atoms with E-state index < -0.39 is 0 Å². The number of thiol groups is 1. The fourth-order valence-electron chi connectivity index (χ4n) is 1.92. The van der Waals surface area contributed by atoms with E-state index in [4.69, 9.17) is 10.5 Å². The lowest BCUT2D eigenvalue weighted by molar-refractivity contribution is 0.0699. The van der Waals surface area contributed by atoms with E-state index in [1.54, 1.807) is 0 Å². The van der Waals surface area contributed by atoms with Crippen molar-refractivity contribution in [1.82, 2.24) is 0 Å². The number of hydrogen-bond acceptors (Lipinski definition) is 4. The molecule has 3 nitrogen and oxygen atoms in total. The molecule has 0 spiro atoms. The number of nitrogens with two attached hydrogens (primary N) is 1. The van der Waals surface area contributed by atoms with E-state index in [0.29, 0.717) is 5.92 Å². The smallest absolute Gasteiger partial charge is 0.0574 e. The highest BCUT2D eigenvalue weighted by molar-refractivity contribution is 7.80. The van der Waals surface area contributed by atoms with Crippen molar-refractivity contribution in [2.45, 2.75) is 31.6 Å². The van der Waals surface area contributed by atoms with Crippen LogP contribution in [0.15, 0.2) is 23.1 Å². The molecule has 0 amide bonds. The lowest BCUT2D eigenvalue weighted by Crippen LogP contribution is -2.22. The van der Waals surface area contributed by atoms with Gasteiger partial charge in [0.15, 0.2) is 0 Å². The summed E-state index contributed by atoms with van der Waals surface area (Å²) < 4.78 is 5.33. The number of anilines is 2. The third-order valence-corrected chi connectivity index (χ3v) is 3.24.